The summed E-state index contributed by atoms with van der Waals surface area (Å²) in [7, 11) is 0. The minimum absolute atomic E-state index is 0.153. The highest BCUT2D eigenvalue weighted by molar-refractivity contribution is 7.71. The van der Waals surface area contributed by atoms with Gasteiger partial charge in [0, 0.05) is 0 Å². The maximum Gasteiger partial charge on any atom is 0.296 e. The topological polar surface area (TPSA) is 72.3 Å². The first-order valence-corrected chi connectivity index (χ1v) is 6.98. The maximum atomic E-state index is 11.9. The number of hydrogen-bond acceptors (Lipinski definition) is 5. The van der Waals surface area contributed by atoms with Gasteiger partial charge < -0.3 is 4.74 Å². The molecule has 0 aliphatic heterocycles. The second-order valence-electron chi connectivity index (χ2n) is 4.40. The van der Waals surface area contributed by atoms with Gasteiger partial charge in [-0.1, -0.05) is 19.1 Å². The Labute approximate surface area is 127 Å². The lowest BCUT2D eigenvalue weighted by atomic mass is 10.2. The van der Waals surface area contributed by atoms with Crippen molar-refractivity contribution >= 4 is 18.4 Å². The van der Waals surface area contributed by atoms with Crippen LogP contribution in [0.15, 0.2) is 34.2 Å². The molecule has 2 rings (SSSR count). The van der Waals surface area contributed by atoms with Crippen LogP contribution in [-0.4, -0.2) is 27.7 Å². The summed E-state index contributed by atoms with van der Waals surface area (Å²) in [6.07, 6.45) is 2.50. The number of aromatic amines is 1. The molecule has 6 nitrogen and oxygen atoms in total. The Morgan fingerprint density at radius 2 is 2.33 bits per heavy atom. The number of benzene rings is 1. The van der Waals surface area contributed by atoms with Crippen molar-refractivity contribution in [1.82, 2.24) is 14.9 Å². The van der Waals surface area contributed by atoms with Gasteiger partial charge in [-0.2, -0.15) is 14.9 Å². The van der Waals surface area contributed by atoms with Crippen LogP contribution in [0.3, 0.4) is 0 Å². The van der Waals surface area contributed by atoms with Crippen LogP contribution in [0.5, 0.6) is 5.75 Å². The van der Waals surface area contributed by atoms with E-state index in [1.807, 2.05) is 31.2 Å². The Morgan fingerprint density at radius 1 is 1.52 bits per heavy atom. The van der Waals surface area contributed by atoms with Gasteiger partial charge >= 0.3 is 0 Å². The summed E-state index contributed by atoms with van der Waals surface area (Å²) >= 11 is 5.00. The molecule has 0 saturated carbocycles. The van der Waals surface area contributed by atoms with Crippen LogP contribution in [0, 0.1) is 11.7 Å². The first-order valence-electron chi connectivity index (χ1n) is 6.57. The average Bonchev–Trinajstić information content (AvgIpc) is 2.49. The molecule has 7 heteroatoms. The van der Waals surface area contributed by atoms with Crippen molar-refractivity contribution in [3.63, 3.8) is 0 Å². The SMILES string of the molecule is CCCOc1cccc(/C=N\n2c(=S)[nH]nc(C)c2=O)c1. The highest BCUT2D eigenvalue weighted by atomic mass is 32.1. The first kappa shape index (κ1) is 15.1. The average molecular weight is 304 g/mol. The Kier molecular flexibility index (Phi) is 4.99. The van der Waals surface area contributed by atoms with Crippen LogP contribution in [-0.2, 0) is 0 Å². The van der Waals surface area contributed by atoms with Crippen molar-refractivity contribution in [3.05, 3.63) is 50.6 Å². The van der Waals surface area contributed by atoms with Gasteiger partial charge in [0.1, 0.15) is 11.4 Å². The minimum Gasteiger partial charge on any atom is -0.494 e. The second-order valence-corrected chi connectivity index (χ2v) is 4.78. The molecule has 0 atom stereocenters. The predicted molar refractivity (Wildman–Crippen MR) is 83.6 cm³/mol. The number of ether oxygens (including phenoxy) is 1. The van der Waals surface area contributed by atoms with Gasteiger partial charge in [-0.05, 0) is 43.3 Å². The molecule has 0 bridgehead atoms. The highest BCUT2D eigenvalue weighted by Gasteiger charge is 2.01. The van der Waals surface area contributed by atoms with Gasteiger partial charge in [0.15, 0.2) is 0 Å². The molecule has 0 radical (unpaired) electrons. The standard InChI is InChI=1S/C14H16N4O2S/c1-3-7-20-12-6-4-5-11(8-12)9-15-18-13(19)10(2)16-17-14(18)21/h4-6,8-9H,3,7H2,1-2H3,(H,17,21)/b15-9-. The molecular weight excluding hydrogens is 288 g/mol. The number of aryl methyl sites for hydroxylation is 1. The predicted octanol–water partition coefficient (Wildman–Crippen LogP) is 2.28. The van der Waals surface area contributed by atoms with Crippen LogP contribution in [0.2, 0.25) is 0 Å². The van der Waals surface area contributed by atoms with E-state index in [4.69, 9.17) is 17.0 Å². The van der Waals surface area contributed by atoms with Crippen molar-refractivity contribution in [1.29, 1.82) is 0 Å². The van der Waals surface area contributed by atoms with Gasteiger partial charge in [0.25, 0.3) is 5.56 Å². The molecule has 0 unspecified atom stereocenters. The van der Waals surface area contributed by atoms with E-state index in [1.165, 1.54) is 0 Å². The lowest BCUT2D eigenvalue weighted by Gasteiger charge is -2.04. The smallest absolute Gasteiger partial charge is 0.296 e. The highest BCUT2D eigenvalue weighted by Crippen LogP contribution is 2.12. The summed E-state index contributed by atoms with van der Waals surface area (Å²) < 4.78 is 6.81. The summed E-state index contributed by atoms with van der Waals surface area (Å²) in [5, 5.41) is 10.5. The fourth-order valence-electron chi connectivity index (χ4n) is 1.61. The van der Waals surface area contributed by atoms with Crippen molar-refractivity contribution in [3.8, 4) is 5.75 Å². The lowest BCUT2D eigenvalue weighted by molar-refractivity contribution is 0.317. The van der Waals surface area contributed by atoms with Crippen LogP contribution < -0.4 is 10.3 Å². The number of nitrogens with one attached hydrogen (secondary N) is 1. The number of rotatable bonds is 5. The van der Waals surface area contributed by atoms with Crippen molar-refractivity contribution in [2.45, 2.75) is 20.3 Å². The van der Waals surface area contributed by atoms with E-state index in [2.05, 4.69) is 15.3 Å². The fourth-order valence-corrected chi connectivity index (χ4v) is 1.78. The zero-order valence-corrected chi connectivity index (χ0v) is 12.7. The van der Waals surface area contributed by atoms with E-state index in [-0.39, 0.29) is 10.3 Å². The molecule has 1 heterocycles. The summed E-state index contributed by atoms with van der Waals surface area (Å²) in [4.78, 5) is 11.9. The Bertz CT molecular complexity index is 764. The second kappa shape index (κ2) is 6.94. The Morgan fingerprint density at radius 3 is 3.10 bits per heavy atom. The number of nitrogens with zero attached hydrogens (tertiary/aromatic N) is 3. The molecule has 1 N–H and O–H groups in total. The van der Waals surface area contributed by atoms with Gasteiger partial charge in [0.2, 0.25) is 4.77 Å². The molecule has 1 aromatic carbocycles. The lowest BCUT2D eigenvalue weighted by Crippen LogP contribution is -2.22. The van der Waals surface area contributed by atoms with E-state index in [0.29, 0.717) is 12.3 Å². The van der Waals surface area contributed by atoms with E-state index >= 15 is 0 Å². The van der Waals surface area contributed by atoms with E-state index < -0.39 is 0 Å². The summed E-state index contributed by atoms with van der Waals surface area (Å²) in [6.45, 7) is 4.30. The third kappa shape index (κ3) is 3.85. The van der Waals surface area contributed by atoms with E-state index in [9.17, 15) is 4.79 Å². The zero-order valence-electron chi connectivity index (χ0n) is 11.9. The molecule has 2 aromatic rings. The van der Waals surface area contributed by atoms with Gasteiger partial charge in [-0.3, -0.25) is 9.89 Å². The summed E-state index contributed by atoms with van der Waals surface area (Å²) in [5.74, 6) is 0.768. The van der Waals surface area contributed by atoms with Crippen LogP contribution in [0.4, 0.5) is 0 Å². The summed E-state index contributed by atoms with van der Waals surface area (Å²) in [5.41, 5.74) is 0.786. The monoisotopic (exact) mass is 304 g/mol. The van der Waals surface area contributed by atoms with Gasteiger partial charge in [-0.25, -0.2) is 0 Å². The first-order chi connectivity index (χ1) is 10.1. The molecule has 0 saturated heterocycles. The van der Waals surface area contributed by atoms with E-state index in [0.717, 1.165) is 22.4 Å². The molecular formula is C14H16N4O2S. The largest absolute Gasteiger partial charge is 0.494 e. The third-order valence-corrected chi connectivity index (χ3v) is 2.93. The number of H-pyrrole nitrogens is 1. The van der Waals surface area contributed by atoms with Crippen LogP contribution in [0.1, 0.15) is 24.6 Å². The molecule has 0 fully saturated rings. The minimum atomic E-state index is -0.339. The molecule has 0 spiro atoms. The molecule has 1 aromatic heterocycles. The maximum absolute atomic E-state index is 11.9. The molecule has 21 heavy (non-hydrogen) atoms. The number of aromatic nitrogens is 3. The Hall–Kier alpha value is -2.28. The van der Waals surface area contributed by atoms with Crippen molar-refractivity contribution in [2.24, 2.45) is 5.10 Å². The molecule has 0 amide bonds. The zero-order chi connectivity index (χ0) is 15.2. The summed E-state index contributed by atoms with van der Waals surface area (Å²) in [6, 6.07) is 7.47. The van der Waals surface area contributed by atoms with Crippen molar-refractivity contribution < 1.29 is 4.74 Å². The third-order valence-electron chi connectivity index (χ3n) is 2.67. The van der Waals surface area contributed by atoms with Crippen LogP contribution >= 0.6 is 12.2 Å². The molecule has 110 valence electrons. The van der Waals surface area contributed by atoms with Gasteiger partial charge in [0.05, 0.1) is 12.8 Å². The number of hydrogen-bond donors (Lipinski definition) is 1. The van der Waals surface area contributed by atoms with Gasteiger partial charge in [-0.15, -0.1) is 0 Å². The fraction of sp³-hybridized carbons (Fsp3) is 0.286. The molecule has 0 aliphatic carbocycles. The van der Waals surface area contributed by atoms with Crippen molar-refractivity contribution in [2.75, 3.05) is 6.61 Å². The van der Waals surface area contributed by atoms with Crippen LogP contribution in [0.25, 0.3) is 0 Å². The molecule has 0 aliphatic rings. The van der Waals surface area contributed by atoms with E-state index in [1.54, 1.807) is 13.1 Å². The quantitative estimate of drug-likeness (QED) is 0.679. The Balaban J connectivity index is 2.28. The normalized spacial score (nSPS) is 11.0.